The zero-order valence-corrected chi connectivity index (χ0v) is 10.4. The summed E-state index contributed by atoms with van der Waals surface area (Å²) >= 11 is 0. The largest absolute Gasteiger partial charge is 0.351 e. The van der Waals surface area contributed by atoms with Crippen LogP contribution in [0, 0.1) is 0 Å². The van der Waals surface area contributed by atoms with E-state index in [1.54, 1.807) is 0 Å². The lowest BCUT2D eigenvalue weighted by Crippen LogP contribution is -2.41. The highest BCUT2D eigenvalue weighted by atomic mass is 16.2. The first-order valence-corrected chi connectivity index (χ1v) is 6.16. The summed E-state index contributed by atoms with van der Waals surface area (Å²) in [6, 6.07) is -0.246. The molecule has 1 heterocycles. The van der Waals surface area contributed by atoms with E-state index >= 15 is 0 Å². The maximum atomic E-state index is 11.3. The number of likely N-dealkylation sites (N-methyl/N-ethyl adjacent to an activating group) is 1. The number of nitrogens with zero attached hydrogens (tertiary/aromatic N) is 1. The number of imide groups is 1. The average Bonchev–Trinajstić information content (AvgIpc) is 2.75. The van der Waals surface area contributed by atoms with Crippen LogP contribution in [0.1, 0.15) is 26.2 Å². The number of carbonyl (C=O) groups is 2. The molecule has 0 bridgehead atoms. The first-order chi connectivity index (χ1) is 8.11. The smallest absolute Gasteiger partial charge is 0.318 e. The molecule has 98 valence electrons. The minimum absolute atomic E-state index is 0.309. The van der Waals surface area contributed by atoms with E-state index in [9.17, 15) is 9.59 Å². The third kappa shape index (κ3) is 5.65. The summed E-state index contributed by atoms with van der Waals surface area (Å²) in [5.41, 5.74) is 4.87. The minimum atomic E-state index is -0.782. The molecule has 1 aliphatic heterocycles. The normalized spacial score (nSPS) is 19.5. The van der Waals surface area contributed by atoms with Gasteiger partial charge in [-0.25, -0.2) is 4.79 Å². The van der Waals surface area contributed by atoms with Crippen molar-refractivity contribution in [3.8, 4) is 0 Å². The monoisotopic (exact) mass is 242 g/mol. The van der Waals surface area contributed by atoms with Gasteiger partial charge in [-0.3, -0.25) is 10.1 Å². The lowest BCUT2D eigenvalue weighted by atomic mass is 10.2. The average molecular weight is 242 g/mol. The molecule has 0 aromatic heterocycles. The SMILES string of the molecule is CCN(CCC(=O)NC(N)=O)CC1CCCN1. The Morgan fingerprint density at radius 3 is 2.82 bits per heavy atom. The van der Waals surface area contributed by atoms with E-state index in [1.807, 2.05) is 0 Å². The Morgan fingerprint density at radius 2 is 2.29 bits per heavy atom. The van der Waals surface area contributed by atoms with Crippen LogP contribution in [0.5, 0.6) is 0 Å². The molecule has 1 atom stereocenters. The van der Waals surface area contributed by atoms with Crippen molar-refractivity contribution < 1.29 is 9.59 Å². The van der Waals surface area contributed by atoms with Crippen LogP contribution in [-0.4, -0.2) is 49.1 Å². The number of nitrogens with one attached hydrogen (secondary N) is 2. The molecule has 0 radical (unpaired) electrons. The van der Waals surface area contributed by atoms with Gasteiger partial charge in [-0.05, 0) is 25.9 Å². The molecule has 17 heavy (non-hydrogen) atoms. The number of urea groups is 1. The highest BCUT2D eigenvalue weighted by molar-refractivity contribution is 5.93. The van der Waals surface area contributed by atoms with Crippen LogP contribution in [0.3, 0.4) is 0 Å². The fourth-order valence-corrected chi connectivity index (χ4v) is 2.06. The quantitative estimate of drug-likeness (QED) is 0.594. The molecule has 6 heteroatoms. The second-order valence-electron chi connectivity index (χ2n) is 4.35. The Hall–Kier alpha value is -1.14. The summed E-state index contributed by atoms with van der Waals surface area (Å²) in [6.45, 7) is 5.68. The Labute approximate surface area is 102 Å². The van der Waals surface area contributed by atoms with Crippen LogP contribution in [0.15, 0.2) is 0 Å². The number of primary amides is 1. The maximum absolute atomic E-state index is 11.3. The van der Waals surface area contributed by atoms with E-state index in [1.165, 1.54) is 12.8 Å². The van der Waals surface area contributed by atoms with Gasteiger partial charge < -0.3 is 16.0 Å². The summed E-state index contributed by atoms with van der Waals surface area (Å²) in [5.74, 6) is -0.310. The number of nitrogens with two attached hydrogens (primary N) is 1. The van der Waals surface area contributed by atoms with Crippen LogP contribution in [0.25, 0.3) is 0 Å². The molecule has 1 rings (SSSR count). The Balaban J connectivity index is 2.21. The van der Waals surface area contributed by atoms with Crippen molar-refractivity contribution in [2.24, 2.45) is 5.73 Å². The van der Waals surface area contributed by atoms with Gasteiger partial charge in [0.2, 0.25) is 5.91 Å². The molecule has 1 saturated heterocycles. The van der Waals surface area contributed by atoms with E-state index in [-0.39, 0.29) is 5.91 Å². The molecule has 6 nitrogen and oxygen atoms in total. The minimum Gasteiger partial charge on any atom is -0.351 e. The van der Waals surface area contributed by atoms with E-state index < -0.39 is 6.03 Å². The van der Waals surface area contributed by atoms with Crippen molar-refractivity contribution in [1.82, 2.24) is 15.5 Å². The third-order valence-electron chi connectivity index (χ3n) is 3.01. The van der Waals surface area contributed by atoms with Gasteiger partial charge in [0.05, 0.1) is 0 Å². The molecule has 1 fully saturated rings. The summed E-state index contributed by atoms with van der Waals surface area (Å²) in [5, 5.41) is 5.50. The number of amides is 3. The zero-order chi connectivity index (χ0) is 12.7. The lowest BCUT2D eigenvalue weighted by molar-refractivity contribution is -0.120. The Kier molecular flexibility index (Phi) is 5.93. The van der Waals surface area contributed by atoms with E-state index in [0.717, 1.165) is 19.6 Å². The molecule has 1 unspecified atom stereocenters. The zero-order valence-electron chi connectivity index (χ0n) is 10.4. The number of hydrogen-bond donors (Lipinski definition) is 3. The lowest BCUT2D eigenvalue weighted by Gasteiger charge is -2.23. The molecule has 0 aliphatic carbocycles. The van der Waals surface area contributed by atoms with Gasteiger partial charge in [-0.2, -0.15) is 0 Å². The molecule has 0 spiro atoms. The molecule has 1 aliphatic rings. The van der Waals surface area contributed by atoms with Crippen LogP contribution in [0.4, 0.5) is 4.79 Å². The molecule has 0 aromatic rings. The van der Waals surface area contributed by atoms with E-state index in [2.05, 4.69) is 22.5 Å². The topological polar surface area (TPSA) is 87.5 Å². The van der Waals surface area contributed by atoms with Crippen molar-refractivity contribution in [2.75, 3.05) is 26.2 Å². The summed E-state index contributed by atoms with van der Waals surface area (Å²) in [6.07, 6.45) is 2.73. The number of rotatable bonds is 6. The summed E-state index contributed by atoms with van der Waals surface area (Å²) in [4.78, 5) is 23.9. The van der Waals surface area contributed by atoms with Crippen LogP contribution >= 0.6 is 0 Å². The van der Waals surface area contributed by atoms with Gasteiger partial charge in [0.15, 0.2) is 0 Å². The summed E-state index contributed by atoms with van der Waals surface area (Å²) in [7, 11) is 0. The predicted molar refractivity (Wildman–Crippen MR) is 65.5 cm³/mol. The second-order valence-corrected chi connectivity index (χ2v) is 4.35. The van der Waals surface area contributed by atoms with Crippen LogP contribution in [-0.2, 0) is 4.79 Å². The fourth-order valence-electron chi connectivity index (χ4n) is 2.06. The molecule has 3 amide bonds. The Bertz CT molecular complexity index is 264. The van der Waals surface area contributed by atoms with Crippen molar-refractivity contribution in [1.29, 1.82) is 0 Å². The molecule has 0 saturated carbocycles. The van der Waals surface area contributed by atoms with Crippen LogP contribution < -0.4 is 16.4 Å². The van der Waals surface area contributed by atoms with Crippen molar-refractivity contribution >= 4 is 11.9 Å². The highest BCUT2D eigenvalue weighted by Crippen LogP contribution is 2.07. The van der Waals surface area contributed by atoms with Gasteiger partial charge in [0.25, 0.3) is 0 Å². The first-order valence-electron chi connectivity index (χ1n) is 6.16. The molecule has 0 aromatic carbocycles. The van der Waals surface area contributed by atoms with Gasteiger partial charge in [0.1, 0.15) is 0 Å². The molecular formula is C11H22N4O2. The second kappa shape index (κ2) is 7.24. The highest BCUT2D eigenvalue weighted by Gasteiger charge is 2.17. The molecule has 4 N–H and O–H groups in total. The van der Waals surface area contributed by atoms with Gasteiger partial charge >= 0.3 is 6.03 Å². The molecular weight excluding hydrogens is 220 g/mol. The number of carbonyl (C=O) groups excluding carboxylic acids is 2. The first kappa shape index (κ1) is 13.9. The van der Waals surface area contributed by atoms with Crippen molar-refractivity contribution in [3.05, 3.63) is 0 Å². The van der Waals surface area contributed by atoms with Gasteiger partial charge in [-0.15, -0.1) is 0 Å². The predicted octanol–water partition coefficient (Wildman–Crippen LogP) is -0.355. The van der Waals surface area contributed by atoms with Crippen molar-refractivity contribution in [2.45, 2.75) is 32.2 Å². The van der Waals surface area contributed by atoms with Gasteiger partial charge in [0, 0.05) is 25.6 Å². The standard InChI is InChI=1S/C11H22N4O2/c1-2-15(8-9-4-3-6-13-9)7-5-10(16)14-11(12)17/h9,13H,2-8H2,1H3,(H3,12,14,16,17). The van der Waals surface area contributed by atoms with Crippen LogP contribution in [0.2, 0.25) is 0 Å². The third-order valence-corrected chi connectivity index (χ3v) is 3.01. The maximum Gasteiger partial charge on any atom is 0.318 e. The van der Waals surface area contributed by atoms with Crippen molar-refractivity contribution in [3.63, 3.8) is 0 Å². The fraction of sp³-hybridized carbons (Fsp3) is 0.818. The summed E-state index contributed by atoms with van der Waals surface area (Å²) < 4.78 is 0. The van der Waals surface area contributed by atoms with Gasteiger partial charge in [-0.1, -0.05) is 6.92 Å². The van der Waals surface area contributed by atoms with E-state index in [0.29, 0.717) is 19.0 Å². The van der Waals surface area contributed by atoms with E-state index in [4.69, 9.17) is 5.73 Å². The number of hydrogen-bond acceptors (Lipinski definition) is 4. The Morgan fingerprint density at radius 1 is 1.53 bits per heavy atom.